The number of aryl methyl sites for hydroxylation is 1. The van der Waals surface area contributed by atoms with Crippen molar-refractivity contribution in [1.29, 1.82) is 0 Å². The van der Waals surface area contributed by atoms with Gasteiger partial charge < -0.3 is 5.73 Å². The molecule has 0 saturated carbocycles. The Kier molecular flexibility index (Phi) is 5.07. The predicted molar refractivity (Wildman–Crippen MR) is 81.2 cm³/mol. The van der Waals surface area contributed by atoms with E-state index in [1.165, 1.54) is 11.1 Å². The third kappa shape index (κ3) is 3.62. The molecule has 1 heterocycles. The van der Waals surface area contributed by atoms with E-state index in [0.29, 0.717) is 6.54 Å². The molecule has 0 fully saturated rings. The van der Waals surface area contributed by atoms with Gasteiger partial charge in [-0.25, -0.2) is 4.98 Å². The van der Waals surface area contributed by atoms with E-state index < -0.39 is 0 Å². The topological polar surface area (TPSA) is 42.1 Å². The van der Waals surface area contributed by atoms with Crippen molar-refractivity contribution in [1.82, 2.24) is 9.88 Å². The summed E-state index contributed by atoms with van der Waals surface area (Å²) in [6.45, 7) is 3.62. The molecule has 19 heavy (non-hydrogen) atoms. The average molecular weight is 275 g/mol. The molecule has 0 spiro atoms. The van der Waals surface area contributed by atoms with E-state index in [1.807, 2.05) is 5.51 Å². The zero-order valence-corrected chi connectivity index (χ0v) is 12.4. The number of benzene rings is 1. The number of thiazole rings is 1. The number of rotatable bonds is 6. The van der Waals surface area contributed by atoms with E-state index in [2.05, 4.69) is 53.5 Å². The average Bonchev–Trinajstić information content (AvgIpc) is 2.93. The fraction of sp³-hybridized carbons (Fsp3) is 0.400. The minimum absolute atomic E-state index is 0.243. The second-order valence-corrected chi connectivity index (χ2v) is 5.46. The zero-order valence-electron chi connectivity index (χ0n) is 11.5. The fourth-order valence-electron chi connectivity index (χ4n) is 2.23. The Morgan fingerprint density at radius 3 is 2.58 bits per heavy atom. The highest BCUT2D eigenvalue weighted by Crippen LogP contribution is 2.21. The minimum Gasteiger partial charge on any atom is -0.329 e. The van der Waals surface area contributed by atoms with Crippen LogP contribution in [0, 0.1) is 0 Å². The molecule has 2 aromatic rings. The lowest BCUT2D eigenvalue weighted by atomic mass is 10.0. The summed E-state index contributed by atoms with van der Waals surface area (Å²) >= 11 is 1.63. The molecule has 1 atom stereocenters. The summed E-state index contributed by atoms with van der Waals surface area (Å²) in [4.78, 5) is 6.59. The molecule has 0 radical (unpaired) electrons. The first kappa shape index (κ1) is 14.2. The highest BCUT2D eigenvalue weighted by atomic mass is 32.1. The Balaban J connectivity index is 2.09. The molecule has 0 aliphatic carbocycles. The van der Waals surface area contributed by atoms with E-state index in [1.54, 1.807) is 11.3 Å². The first-order valence-electron chi connectivity index (χ1n) is 6.60. The first-order chi connectivity index (χ1) is 9.24. The maximum Gasteiger partial charge on any atom is 0.0795 e. The number of hydrogen-bond acceptors (Lipinski definition) is 4. The molecule has 2 rings (SSSR count). The van der Waals surface area contributed by atoms with Crippen molar-refractivity contribution >= 4 is 11.3 Å². The van der Waals surface area contributed by atoms with E-state index in [0.717, 1.165) is 18.7 Å². The molecular weight excluding hydrogens is 254 g/mol. The molecule has 0 aliphatic rings. The van der Waals surface area contributed by atoms with E-state index in [9.17, 15) is 0 Å². The summed E-state index contributed by atoms with van der Waals surface area (Å²) in [6, 6.07) is 9.00. The second kappa shape index (κ2) is 6.80. The largest absolute Gasteiger partial charge is 0.329 e. The van der Waals surface area contributed by atoms with E-state index in [-0.39, 0.29) is 6.04 Å². The zero-order chi connectivity index (χ0) is 13.7. The molecule has 1 unspecified atom stereocenters. The molecular formula is C15H21N3S. The number of aromatic nitrogens is 1. The summed E-state index contributed by atoms with van der Waals surface area (Å²) in [5.74, 6) is 0. The predicted octanol–water partition coefficient (Wildman–Crippen LogP) is 2.84. The lowest BCUT2D eigenvalue weighted by Crippen LogP contribution is -2.30. The van der Waals surface area contributed by atoms with Crippen LogP contribution in [0.1, 0.15) is 29.8 Å². The third-order valence-electron chi connectivity index (χ3n) is 3.42. The van der Waals surface area contributed by atoms with Gasteiger partial charge in [0.1, 0.15) is 0 Å². The van der Waals surface area contributed by atoms with Crippen LogP contribution >= 0.6 is 11.3 Å². The van der Waals surface area contributed by atoms with Crippen LogP contribution in [0.2, 0.25) is 0 Å². The van der Waals surface area contributed by atoms with E-state index >= 15 is 0 Å². The van der Waals surface area contributed by atoms with Gasteiger partial charge in [0.15, 0.2) is 0 Å². The Bertz CT molecular complexity index is 479. The van der Waals surface area contributed by atoms with Crippen molar-refractivity contribution in [3.05, 3.63) is 52.0 Å². The summed E-state index contributed by atoms with van der Waals surface area (Å²) in [6.07, 6.45) is 1.07. The smallest absolute Gasteiger partial charge is 0.0795 e. The highest BCUT2D eigenvalue weighted by Gasteiger charge is 2.16. The lowest BCUT2D eigenvalue weighted by molar-refractivity contribution is 0.239. The van der Waals surface area contributed by atoms with Crippen molar-refractivity contribution in [2.24, 2.45) is 5.73 Å². The van der Waals surface area contributed by atoms with Gasteiger partial charge in [-0.15, -0.1) is 11.3 Å². The molecule has 0 amide bonds. The maximum absolute atomic E-state index is 5.95. The van der Waals surface area contributed by atoms with Gasteiger partial charge in [-0.3, -0.25) is 4.90 Å². The Morgan fingerprint density at radius 1 is 1.32 bits per heavy atom. The van der Waals surface area contributed by atoms with E-state index in [4.69, 9.17) is 5.73 Å². The highest BCUT2D eigenvalue weighted by molar-refractivity contribution is 7.07. The van der Waals surface area contributed by atoms with Crippen molar-refractivity contribution in [2.45, 2.75) is 25.9 Å². The van der Waals surface area contributed by atoms with Crippen molar-refractivity contribution < 1.29 is 0 Å². The number of hydrogen-bond donors (Lipinski definition) is 1. The molecule has 3 nitrogen and oxygen atoms in total. The second-order valence-electron chi connectivity index (χ2n) is 4.74. The van der Waals surface area contributed by atoms with Crippen LogP contribution in [0.3, 0.4) is 0 Å². The van der Waals surface area contributed by atoms with Crippen LogP contribution in [-0.2, 0) is 13.0 Å². The Hall–Kier alpha value is -1.23. The number of likely N-dealkylation sites (N-methyl/N-ethyl adjacent to an activating group) is 1. The maximum atomic E-state index is 5.95. The SMILES string of the molecule is CCc1ccc(C(CN)N(C)Cc2cscn2)cc1. The summed E-state index contributed by atoms with van der Waals surface area (Å²) in [5, 5.41) is 2.09. The van der Waals surface area contributed by atoms with Gasteiger partial charge in [-0.1, -0.05) is 31.2 Å². The van der Waals surface area contributed by atoms with Gasteiger partial charge in [0.05, 0.1) is 11.2 Å². The van der Waals surface area contributed by atoms with Gasteiger partial charge in [0.25, 0.3) is 0 Å². The van der Waals surface area contributed by atoms with Crippen LogP contribution in [0.15, 0.2) is 35.2 Å². The summed E-state index contributed by atoms with van der Waals surface area (Å²) < 4.78 is 0. The van der Waals surface area contributed by atoms with Crippen molar-refractivity contribution in [3.8, 4) is 0 Å². The summed E-state index contributed by atoms with van der Waals surface area (Å²) in [5.41, 5.74) is 11.6. The summed E-state index contributed by atoms with van der Waals surface area (Å²) in [7, 11) is 2.10. The minimum atomic E-state index is 0.243. The molecule has 102 valence electrons. The molecule has 2 N–H and O–H groups in total. The fourth-order valence-corrected chi connectivity index (χ4v) is 2.78. The molecule has 4 heteroatoms. The lowest BCUT2D eigenvalue weighted by Gasteiger charge is -2.26. The monoisotopic (exact) mass is 275 g/mol. The van der Waals surface area contributed by atoms with Crippen LogP contribution in [0.5, 0.6) is 0 Å². The van der Waals surface area contributed by atoms with Crippen LogP contribution in [-0.4, -0.2) is 23.5 Å². The number of nitrogens with two attached hydrogens (primary N) is 1. The molecule has 1 aromatic carbocycles. The van der Waals surface area contributed by atoms with Gasteiger partial charge in [0, 0.05) is 24.5 Å². The Labute approximate surface area is 119 Å². The molecule has 0 saturated heterocycles. The first-order valence-corrected chi connectivity index (χ1v) is 7.55. The molecule has 0 aliphatic heterocycles. The van der Waals surface area contributed by atoms with Gasteiger partial charge in [-0.05, 0) is 24.6 Å². The van der Waals surface area contributed by atoms with Crippen molar-refractivity contribution in [3.63, 3.8) is 0 Å². The van der Waals surface area contributed by atoms with Crippen LogP contribution in [0.25, 0.3) is 0 Å². The molecule has 0 bridgehead atoms. The van der Waals surface area contributed by atoms with Gasteiger partial charge in [0.2, 0.25) is 0 Å². The Morgan fingerprint density at radius 2 is 2.05 bits per heavy atom. The van der Waals surface area contributed by atoms with Crippen LogP contribution in [0.4, 0.5) is 0 Å². The standard InChI is InChI=1S/C15H21N3S/c1-3-12-4-6-13(7-5-12)15(8-16)18(2)9-14-10-19-11-17-14/h4-7,10-11,15H,3,8-9,16H2,1-2H3. The van der Waals surface area contributed by atoms with Crippen molar-refractivity contribution in [2.75, 3.05) is 13.6 Å². The van der Waals surface area contributed by atoms with Gasteiger partial charge >= 0.3 is 0 Å². The quantitative estimate of drug-likeness (QED) is 0.881. The molecule has 1 aromatic heterocycles. The third-order valence-corrected chi connectivity index (χ3v) is 4.06. The number of nitrogens with zero attached hydrogens (tertiary/aromatic N) is 2. The normalized spacial score (nSPS) is 12.8. The van der Waals surface area contributed by atoms with Gasteiger partial charge in [-0.2, -0.15) is 0 Å². The van der Waals surface area contributed by atoms with Crippen LogP contribution < -0.4 is 5.73 Å².